The largest absolute Gasteiger partial charge is 0.492 e. The van der Waals surface area contributed by atoms with Crippen molar-refractivity contribution in [2.75, 3.05) is 45.9 Å². The molecule has 0 unspecified atom stereocenters. The summed E-state index contributed by atoms with van der Waals surface area (Å²) in [5, 5.41) is 14.5. The lowest BCUT2D eigenvalue weighted by Gasteiger charge is -2.39. The number of rotatable bonds is 9. The van der Waals surface area contributed by atoms with Crippen LogP contribution in [0.3, 0.4) is 0 Å². The first-order valence-electron chi connectivity index (χ1n) is 11.5. The van der Waals surface area contributed by atoms with E-state index in [1.807, 2.05) is 37.3 Å². The highest BCUT2D eigenvalue weighted by atomic mass is 35.5. The van der Waals surface area contributed by atoms with E-state index in [2.05, 4.69) is 22.3 Å². The molecule has 8 heteroatoms. The minimum absolute atomic E-state index is 0.0252. The van der Waals surface area contributed by atoms with Gasteiger partial charge in [-0.05, 0) is 61.7 Å². The molecule has 2 aromatic rings. The fourth-order valence-corrected chi connectivity index (χ4v) is 4.51. The fourth-order valence-electron chi connectivity index (χ4n) is 4.34. The number of halogens is 1. The maximum atomic E-state index is 11.6. The lowest BCUT2D eigenvalue weighted by molar-refractivity contribution is -0.0621. The Hall–Kier alpha value is -2.48. The first-order valence-corrected chi connectivity index (χ1v) is 11.9. The molecule has 0 spiro atoms. The molecular weight excluding hydrogens is 442 g/mol. The maximum Gasteiger partial charge on any atom is 0.317 e. The van der Waals surface area contributed by atoms with Gasteiger partial charge in [0, 0.05) is 26.2 Å². The number of nitrogens with one attached hydrogen (secondary N) is 1. The third-order valence-electron chi connectivity index (χ3n) is 6.12. The highest BCUT2D eigenvalue weighted by molar-refractivity contribution is 6.32. The normalized spacial score (nSPS) is 21.2. The van der Waals surface area contributed by atoms with Crippen LogP contribution in [0.4, 0.5) is 4.79 Å². The average molecular weight is 474 g/mol. The Kier molecular flexibility index (Phi) is 7.63. The monoisotopic (exact) mass is 473 g/mol. The van der Waals surface area contributed by atoms with Gasteiger partial charge in [0.2, 0.25) is 0 Å². The van der Waals surface area contributed by atoms with Crippen LogP contribution in [0.25, 0.3) is 0 Å². The first-order chi connectivity index (χ1) is 15.9. The topological polar surface area (TPSA) is 74.3 Å². The minimum atomic E-state index is -0.907. The number of benzene rings is 2. The third-order valence-corrected chi connectivity index (χ3v) is 6.43. The number of carbonyl (C=O) groups is 1. The summed E-state index contributed by atoms with van der Waals surface area (Å²) in [6, 6.07) is 13.6. The predicted molar refractivity (Wildman–Crippen MR) is 128 cm³/mol. The molecule has 1 atom stereocenters. The summed E-state index contributed by atoms with van der Waals surface area (Å²) >= 11 is 6.23. The number of carbonyl (C=O) groups excluding carboxylic acids is 1. The van der Waals surface area contributed by atoms with Crippen molar-refractivity contribution >= 4 is 17.6 Å². The fraction of sp³-hybridized carbons (Fsp3) is 0.480. The van der Waals surface area contributed by atoms with Gasteiger partial charge in [0.1, 0.15) is 30.3 Å². The number of amides is 2. The van der Waals surface area contributed by atoms with E-state index in [-0.39, 0.29) is 12.6 Å². The molecule has 0 aromatic heterocycles. The second-order valence-corrected chi connectivity index (χ2v) is 9.38. The van der Waals surface area contributed by atoms with Gasteiger partial charge in [-0.25, -0.2) is 4.79 Å². The number of aryl methyl sites for hydroxylation is 1. The first kappa shape index (κ1) is 23.7. The maximum absolute atomic E-state index is 11.6. The van der Waals surface area contributed by atoms with Gasteiger partial charge >= 0.3 is 6.03 Å². The SMILES string of the molecule is Cc1ccc(Cl)c(OC[C@]2(O)CCCN(Cc3ccc(OCCN4CCNC4=O)cc3)C2)c1. The summed E-state index contributed by atoms with van der Waals surface area (Å²) in [5.41, 5.74) is 1.32. The van der Waals surface area contributed by atoms with Crippen molar-refractivity contribution in [3.05, 3.63) is 58.6 Å². The second kappa shape index (κ2) is 10.6. The molecule has 2 aliphatic rings. The van der Waals surface area contributed by atoms with Crippen LogP contribution in [-0.4, -0.2) is 72.5 Å². The molecule has 0 radical (unpaired) electrons. The summed E-state index contributed by atoms with van der Waals surface area (Å²) in [5.74, 6) is 1.40. The molecule has 0 saturated carbocycles. The molecule has 4 rings (SSSR count). The number of hydrogen-bond acceptors (Lipinski definition) is 5. The van der Waals surface area contributed by atoms with Gasteiger partial charge < -0.3 is 24.8 Å². The molecule has 2 amide bonds. The van der Waals surface area contributed by atoms with Gasteiger partial charge in [0.15, 0.2) is 0 Å². The predicted octanol–water partition coefficient (Wildman–Crippen LogP) is 3.46. The molecule has 0 aliphatic carbocycles. The lowest BCUT2D eigenvalue weighted by atomic mass is 9.93. The molecule has 178 valence electrons. The van der Waals surface area contributed by atoms with Crippen molar-refractivity contribution in [3.8, 4) is 11.5 Å². The van der Waals surface area contributed by atoms with Crippen molar-refractivity contribution in [1.29, 1.82) is 0 Å². The molecule has 33 heavy (non-hydrogen) atoms. The molecule has 7 nitrogen and oxygen atoms in total. The minimum Gasteiger partial charge on any atom is -0.492 e. The zero-order valence-corrected chi connectivity index (χ0v) is 19.8. The summed E-state index contributed by atoms with van der Waals surface area (Å²) in [6.07, 6.45) is 1.61. The van der Waals surface area contributed by atoms with E-state index >= 15 is 0 Å². The number of urea groups is 1. The third kappa shape index (κ3) is 6.53. The van der Waals surface area contributed by atoms with Gasteiger partial charge in [0.05, 0.1) is 11.6 Å². The van der Waals surface area contributed by atoms with Gasteiger partial charge in [0.25, 0.3) is 0 Å². The van der Waals surface area contributed by atoms with Crippen LogP contribution in [0.5, 0.6) is 11.5 Å². The van der Waals surface area contributed by atoms with E-state index in [1.54, 1.807) is 4.90 Å². The molecular formula is C25H32ClN3O4. The number of ether oxygens (including phenoxy) is 2. The van der Waals surface area contributed by atoms with Crippen molar-refractivity contribution in [1.82, 2.24) is 15.1 Å². The molecule has 2 N–H and O–H groups in total. The number of piperidine rings is 1. The van der Waals surface area contributed by atoms with Crippen LogP contribution in [0.15, 0.2) is 42.5 Å². The molecule has 0 bridgehead atoms. The van der Waals surface area contributed by atoms with Crippen molar-refractivity contribution < 1.29 is 19.4 Å². The summed E-state index contributed by atoms with van der Waals surface area (Å²) in [4.78, 5) is 15.6. The Morgan fingerprint density at radius 3 is 2.73 bits per heavy atom. The number of β-amino-alcohol motifs (C(OH)–C–C–N with tert-alkyl or cyclic N) is 1. The van der Waals surface area contributed by atoms with Crippen LogP contribution in [0.1, 0.15) is 24.0 Å². The lowest BCUT2D eigenvalue weighted by Crippen LogP contribution is -2.51. The van der Waals surface area contributed by atoms with E-state index in [0.717, 1.165) is 42.9 Å². The van der Waals surface area contributed by atoms with Crippen LogP contribution >= 0.6 is 11.6 Å². The van der Waals surface area contributed by atoms with Crippen LogP contribution in [0.2, 0.25) is 5.02 Å². The summed E-state index contributed by atoms with van der Waals surface area (Å²) in [7, 11) is 0. The summed E-state index contributed by atoms with van der Waals surface area (Å²) < 4.78 is 11.7. The van der Waals surface area contributed by atoms with E-state index < -0.39 is 5.60 Å². The number of aliphatic hydroxyl groups is 1. The number of likely N-dealkylation sites (tertiary alicyclic amines) is 1. The Balaban J connectivity index is 1.25. The zero-order chi connectivity index (χ0) is 23.3. The van der Waals surface area contributed by atoms with Crippen LogP contribution < -0.4 is 14.8 Å². The van der Waals surface area contributed by atoms with E-state index in [9.17, 15) is 9.90 Å². The Bertz CT molecular complexity index is 955. The molecule has 2 fully saturated rings. The van der Waals surface area contributed by atoms with Gasteiger partial charge in [-0.15, -0.1) is 0 Å². The highest BCUT2D eigenvalue weighted by Gasteiger charge is 2.34. The number of hydrogen-bond donors (Lipinski definition) is 2. The quantitative estimate of drug-likeness (QED) is 0.583. The Morgan fingerprint density at radius 2 is 1.97 bits per heavy atom. The molecule has 2 heterocycles. The molecule has 2 aliphatic heterocycles. The van der Waals surface area contributed by atoms with Crippen LogP contribution in [-0.2, 0) is 6.54 Å². The van der Waals surface area contributed by atoms with Crippen molar-refractivity contribution in [3.63, 3.8) is 0 Å². The standard InChI is InChI=1S/C25H32ClN3O4/c1-19-3-8-22(26)23(15-19)33-18-25(31)9-2-11-28(17-25)16-20-4-6-21(7-5-20)32-14-13-29-12-10-27-24(29)30/h3-8,15,31H,2,9-14,16-18H2,1H3,(H,27,30)/t25-/m0/s1. The average Bonchev–Trinajstić information content (AvgIpc) is 3.20. The van der Waals surface area contributed by atoms with E-state index in [1.165, 1.54) is 0 Å². The molecule has 2 aromatic carbocycles. The Labute approximate surface area is 200 Å². The smallest absolute Gasteiger partial charge is 0.317 e. The van der Waals surface area contributed by atoms with Crippen LogP contribution in [0, 0.1) is 6.92 Å². The van der Waals surface area contributed by atoms with Gasteiger partial charge in [-0.1, -0.05) is 29.8 Å². The van der Waals surface area contributed by atoms with Gasteiger partial charge in [-0.2, -0.15) is 0 Å². The highest BCUT2D eigenvalue weighted by Crippen LogP contribution is 2.29. The van der Waals surface area contributed by atoms with Crippen molar-refractivity contribution in [2.45, 2.75) is 31.9 Å². The van der Waals surface area contributed by atoms with Crippen molar-refractivity contribution in [2.24, 2.45) is 0 Å². The molecule has 2 saturated heterocycles. The van der Waals surface area contributed by atoms with E-state index in [0.29, 0.717) is 43.4 Å². The summed E-state index contributed by atoms with van der Waals surface area (Å²) in [6.45, 7) is 6.92. The van der Waals surface area contributed by atoms with Gasteiger partial charge in [-0.3, -0.25) is 4.90 Å². The zero-order valence-electron chi connectivity index (χ0n) is 19.1. The number of nitrogens with zero attached hydrogens (tertiary/aromatic N) is 2. The van der Waals surface area contributed by atoms with E-state index in [4.69, 9.17) is 21.1 Å². The Morgan fingerprint density at radius 1 is 1.15 bits per heavy atom. The second-order valence-electron chi connectivity index (χ2n) is 8.97.